The van der Waals surface area contributed by atoms with E-state index < -0.39 is 10.0 Å². The van der Waals surface area contributed by atoms with E-state index in [9.17, 15) is 13.7 Å². The van der Waals surface area contributed by atoms with Gasteiger partial charge < -0.3 is 5.32 Å². The Labute approximate surface area is 131 Å². The molecule has 0 unspecified atom stereocenters. The van der Waals surface area contributed by atoms with Gasteiger partial charge >= 0.3 is 0 Å². The van der Waals surface area contributed by atoms with Crippen LogP contribution in [0.3, 0.4) is 0 Å². The molecule has 7 nitrogen and oxygen atoms in total. The zero-order valence-corrected chi connectivity index (χ0v) is 13.7. The number of aryl methyl sites for hydroxylation is 1. The molecule has 0 bridgehead atoms. The fourth-order valence-electron chi connectivity index (χ4n) is 2.19. The highest BCUT2D eigenvalue weighted by Crippen LogP contribution is 2.25. The lowest BCUT2D eigenvalue weighted by Gasteiger charge is -2.25. The van der Waals surface area contributed by atoms with E-state index in [2.05, 4.69) is 26.3 Å². The largest absolute Gasteiger partial charge is 0.366 e. The number of nitrogens with zero attached hydrogens (tertiary/aromatic N) is 3. The summed E-state index contributed by atoms with van der Waals surface area (Å²) >= 11 is 0. The van der Waals surface area contributed by atoms with Crippen molar-refractivity contribution in [2.24, 2.45) is 5.92 Å². The van der Waals surface area contributed by atoms with Gasteiger partial charge in [0.1, 0.15) is 11.6 Å². The Morgan fingerprint density at radius 3 is 2.64 bits per heavy atom. The molecule has 1 aliphatic rings. The van der Waals surface area contributed by atoms with Crippen molar-refractivity contribution in [2.45, 2.75) is 33.1 Å². The van der Waals surface area contributed by atoms with E-state index in [1.54, 1.807) is 13.8 Å². The zero-order valence-electron chi connectivity index (χ0n) is 12.9. The molecule has 1 saturated carbocycles. The van der Waals surface area contributed by atoms with Crippen molar-refractivity contribution in [3.05, 3.63) is 16.8 Å². The van der Waals surface area contributed by atoms with E-state index in [-0.39, 0.29) is 12.3 Å². The van der Waals surface area contributed by atoms with Gasteiger partial charge in [0.05, 0.1) is 11.4 Å². The first kappa shape index (κ1) is 16.6. The van der Waals surface area contributed by atoms with Gasteiger partial charge in [-0.15, -0.1) is 5.10 Å². The molecule has 1 heterocycles. The predicted octanol–water partition coefficient (Wildman–Crippen LogP) is 1.10. The van der Waals surface area contributed by atoms with Crippen molar-refractivity contribution in [1.82, 2.24) is 14.9 Å². The Kier molecular flexibility index (Phi) is 5.32. The zero-order chi connectivity index (χ0) is 16.2. The number of rotatable bonds is 7. The van der Waals surface area contributed by atoms with Crippen molar-refractivity contribution in [3.8, 4) is 6.07 Å². The van der Waals surface area contributed by atoms with Crippen LogP contribution in [0, 0.1) is 31.1 Å². The topological polar surface area (TPSA) is 108 Å². The van der Waals surface area contributed by atoms with Crippen LogP contribution in [0.25, 0.3) is 0 Å². The number of aromatic nitrogens is 2. The van der Waals surface area contributed by atoms with Crippen molar-refractivity contribution in [2.75, 3.05) is 24.2 Å². The minimum Gasteiger partial charge on any atom is -0.366 e. The second-order valence-corrected chi connectivity index (χ2v) is 7.56. The Balaban J connectivity index is 1.88. The first-order chi connectivity index (χ1) is 10.4. The molecule has 8 heteroatoms. The van der Waals surface area contributed by atoms with E-state index in [1.165, 1.54) is 6.42 Å². The lowest BCUT2D eigenvalue weighted by molar-refractivity contribution is 0.316. The molecule has 120 valence electrons. The summed E-state index contributed by atoms with van der Waals surface area (Å²) < 4.78 is 26.4. The van der Waals surface area contributed by atoms with Gasteiger partial charge in [-0.1, -0.05) is 6.42 Å². The van der Waals surface area contributed by atoms with Crippen LogP contribution in [0.1, 0.15) is 36.1 Å². The average molecular weight is 323 g/mol. The first-order valence-electron chi connectivity index (χ1n) is 7.38. The highest BCUT2D eigenvalue weighted by molar-refractivity contribution is 7.89. The number of hydrogen-bond donors (Lipinski definition) is 2. The van der Waals surface area contributed by atoms with E-state index >= 15 is 0 Å². The second kappa shape index (κ2) is 7.03. The Morgan fingerprint density at radius 2 is 2.05 bits per heavy atom. The SMILES string of the molecule is Cc1nnc(NCCS(=O)(=O)NCC2CCC2)c(C#N)c1C. The second-order valence-electron chi connectivity index (χ2n) is 5.64. The highest BCUT2D eigenvalue weighted by Gasteiger charge is 2.20. The molecule has 0 saturated heterocycles. The third-order valence-electron chi connectivity index (χ3n) is 4.05. The molecule has 0 amide bonds. The molecule has 0 aromatic carbocycles. The minimum absolute atomic E-state index is 0.0564. The molecule has 1 fully saturated rings. The van der Waals surface area contributed by atoms with Gasteiger partial charge in [0, 0.05) is 13.1 Å². The van der Waals surface area contributed by atoms with Crippen LogP contribution in [-0.2, 0) is 10.0 Å². The maximum atomic E-state index is 11.9. The first-order valence-corrected chi connectivity index (χ1v) is 9.03. The van der Waals surface area contributed by atoms with Crippen LogP contribution in [0.15, 0.2) is 0 Å². The van der Waals surface area contributed by atoms with Gasteiger partial charge in [-0.25, -0.2) is 13.1 Å². The summed E-state index contributed by atoms with van der Waals surface area (Å²) in [5, 5.41) is 19.9. The van der Waals surface area contributed by atoms with Gasteiger partial charge in [-0.3, -0.25) is 0 Å². The summed E-state index contributed by atoms with van der Waals surface area (Å²) in [6, 6.07) is 2.08. The molecule has 1 aromatic rings. The Hall–Kier alpha value is -1.72. The lowest BCUT2D eigenvalue weighted by Crippen LogP contribution is -2.35. The molecule has 2 N–H and O–H groups in total. The Morgan fingerprint density at radius 1 is 1.32 bits per heavy atom. The van der Waals surface area contributed by atoms with Crippen molar-refractivity contribution in [1.29, 1.82) is 5.26 Å². The van der Waals surface area contributed by atoms with E-state index in [0.717, 1.165) is 18.4 Å². The van der Waals surface area contributed by atoms with Gasteiger partial charge in [0.2, 0.25) is 10.0 Å². The van der Waals surface area contributed by atoms with Gasteiger partial charge in [0.15, 0.2) is 5.82 Å². The molecule has 1 aromatic heterocycles. The van der Waals surface area contributed by atoms with Gasteiger partial charge in [-0.2, -0.15) is 10.4 Å². The molecule has 1 aliphatic carbocycles. The van der Waals surface area contributed by atoms with Gasteiger partial charge in [0.25, 0.3) is 0 Å². The average Bonchev–Trinajstić information content (AvgIpc) is 2.41. The summed E-state index contributed by atoms with van der Waals surface area (Å²) in [5.74, 6) is 0.762. The maximum absolute atomic E-state index is 11.9. The molecule has 0 spiro atoms. The normalized spacial score (nSPS) is 15.1. The number of nitrogens with one attached hydrogen (secondary N) is 2. The smallest absolute Gasteiger partial charge is 0.213 e. The number of nitriles is 1. The van der Waals surface area contributed by atoms with Crippen molar-refractivity contribution < 1.29 is 8.42 Å². The summed E-state index contributed by atoms with van der Waals surface area (Å²) in [7, 11) is -3.30. The highest BCUT2D eigenvalue weighted by atomic mass is 32.2. The van der Waals surface area contributed by atoms with Crippen LogP contribution in [0.5, 0.6) is 0 Å². The molecule has 0 radical (unpaired) electrons. The standard InChI is InChI=1S/C14H21N5O2S/c1-10-11(2)18-19-14(13(10)8-15)16-6-7-22(20,21)17-9-12-4-3-5-12/h12,17H,3-7,9H2,1-2H3,(H,16,19). The van der Waals surface area contributed by atoms with Crippen LogP contribution < -0.4 is 10.0 Å². The van der Waals surface area contributed by atoms with E-state index in [4.69, 9.17) is 0 Å². The molecule has 0 atom stereocenters. The third-order valence-corrected chi connectivity index (χ3v) is 5.39. The van der Waals surface area contributed by atoms with Crippen LogP contribution in [0.2, 0.25) is 0 Å². The predicted molar refractivity (Wildman–Crippen MR) is 83.8 cm³/mol. The summed E-state index contributed by atoms with van der Waals surface area (Å²) in [6.45, 7) is 4.29. The summed E-state index contributed by atoms with van der Waals surface area (Å²) in [5.41, 5.74) is 1.86. The fraction of sp³-hybridized carbons (Fsp3) is 0.643. The number of hydrogen-bond acceptors (Lipinski definition) is 6. The molecule has 0 aliphatic heterocycles. The van der Waals surface area contributed by atoms with Crippen LogP contribution >= 0.6 is 0 Å². The molecular weight excluding hydrogens is 302 g/mol. The van der Waals surface area contributed by atoms with Crippen molar-refractivity contribution in [3.63, 3.8) is 0 Å². The minimum atomic E-state index is -3.30. The third kappa shape index (κ3) is 4.15. The van der Waals surface area contributed by atoms with Crippen molar-refractivity contribution >= 4 is 15.8 Å². The van der Waals surface area contributed by atoms with Crippen LogP contribution in [-0.4, -0.2) is 37.5 Å². The van der Waals surface area contributed by atoms with Crippen LogP contribution in [0.4, 0.5) is 5.82 Å². The summed E-state index contributed by atoms with van der Waals surface area (Å²) in [4.78, 5) is 0. The summed E-state index contributed by atoms with van der Waals surface area (Å²) in [6.07, 6.45) is 3.39. The molecule has 2 rings (SSSR count). The van der Waals surface area contributed by atoms with E-state index in [1.807, 2.05) is 0 Å². The number of sulfonamides is 1. The maximum Gasteiger partial charge on any atom is 0.213 e. The molecular formula is C14H21N5O2S. The monoisotopic (exact) mass is 323 g/mol. The Bertz CT molecular complexity index is 677. The quantitative estimate of drug-likeness (QED) is 0.778. The lowest BCUT2D eigenvalue weighted by atomic mass is 9.86. The molecule has 22 heavy (non-hydrogen) atoms. The fourth-order valence-corrected chi connectivity index (χ4v) is 3.19. The number of anilines is 1. The van der Waals surface area contributed by atoms with E-state index in [0.29, 0.717) is 29.5 Å². The van der Waals surface area contributed by atoms with Gasteiger partial charge in [-0.05, 0) is 38.2 Å².